The van der Waals surface area contributed by atoms with Crippen LogP contribution in [0, 0.1) is 0 Å². The average molecular weight is 291 g/mol. The van der Waals surface area contributed by atoms with Crippen LogP contribution in [0.2, 0.25) is 0 Å². The Balaban J connectivity index is 2.34. The molecular formula is C14H20F3NO2. The monoisotopic (exact) mass is 291 g/mol. The van der Waals surface area contributed by atoms with Gasteiger partial charge in [0.25, 0.3) is 0 Å². The minimum Gasteiger partial charge on any atom is -0.387 e. The summed E-state index contributed by atoms with van der Waals surface area (Å²) < 4.78 is 42.1. The molecule has 0 amide bonds. The fourth-order valence-electron chi connectivity index (χ4n) is 1.75. The highest BCUT2D eigenvalue weighted by Crippen LogP contribution is 2.29. The van der Waals surface area contributed by atoms with E-state index in [1.165, 1.54) is 12.1 Å². The van der Waals surface area contributed by atoms with E-state index in [0.717, 1.165) is 31.5 Å². The van der Waals surface area contributed by atoms with Gasteiger partial charge in [-0.05, 0) is 37.1 Å². The van der Waals surface area contributed by atoms with Gasteiger partial charge in [0.05, 0.1) is 11.7 Å². The molecule has 1 aromatic carbocycles. The summed E-state index contributed by atoms with van der Waals surface area (Å²) in [5.74, 6) is 0. The van der Waals surface area contributed by atoms with Crippen LogP contribution in [0.4, 0.5) is 13.2 Å². The number of halogens is 3. The Morgan fingerprint density at radius 2 is 1.85 bits per heavy atom. The molecule has 114 valence electrons. The van der Waals surface area contributed by atoms with Gasteiger partial charge in [0.15, 0.2) is 0 Å². The number of aliphatic hydroxyl groups excluding tert-OH is 1. The average Bonchev–Trinajstić information content (AvgIpc) is 2.41. The SMILES string of the molecule is COCCCCNCC(O)c1ccc(C(F)(F)F)cc1. The number of unbranched alkanes of at least 4 members (excludes halogenated alkanes) is 1. The quantitative estimate of drug-likeness (QED) is 0.724. The molecule has 0 radical (unpaired) electrons. The highest BCUT2D eigenvalue weighted by atomic mass is 19.4. The molecule has 0 heterocycles. The van der Waals surface area contributed by atoms with Crippen molar-refractivity contribution in [2.45, 2.75) is 25.1 Å². The lowest BCUT2D eigenvalue weighted by Gasteiger charge is -2.13. The number of methoxy groups -OCH3 is 1. The van der Waals surface area contributed by atoms with Gasteiger partial charge in [-0.3, -0.25) is 0 Å². The van der Waals surface area contributed by atoms with Gasteiger partial charge < -0.3 is 15.2 Å². The van der Waals surface area contributed by atoms with Crippen molar-refractivity contribution in [3.8, 4) is 0 Å². The van der Waals surface area contributed by atoms with Crippen LogP contribution in [-0.4, -0.2) is 31.9 Å². The van der Waals surface area contributed by atoms with Crippen LogP contribution in [0.5, 0.6) is 0 Å². The van der Waals surface area contributed by atoms with E-state index >= 15 is 0 Å². The lowest BCUT2D eigenvalue weighted by Crippen LogP contribution is -2.22. The largest absolute Gasteiger partial charge is 0.416 e. The first kappa shape index (κ1) is 16.9. The molecule has 2 N–H and O–H groups in total. The smallest absolute Gasteiger partial charge is 0.387 e. The molecule has 0 saturated carbocycles. The maximum Gasteiger partial charge on any atom is 0.416 e. The third-order valence-electron chi connectivity index (χ3n) is 2.91. The number of rotatable bonds is 8. The van der Waals surface area contributed by atoms with E-state index < -0.39 is 17.8 Å². The zero-order chi connectivity index (χ0) is 15.0. The highest BCUT2D eigenvalue weighted by molar-refractivity contribution is 5.26. The number of alkyl halides is 3. The molecule has 0 fully saturated rings. The first-order chi connectivity index (χ1) is 9.45. The predicted octanol–water partition coefficient (Wildman–Crippen LogP) is 2.76. The van der Waals surface area contributed by atoms with Gasteiger partial charge in [-0.1, -0.05) is 12.1 Å². The summed E-state index contributed by atoms with van der Waals surface area (Å²) in [6, 6.07) is 4.58. The lowest BCUT2D eigenvalue weighted by molar-refractivity contribution is -0.137. The molecule has 1 atom stereocenters. The summed E-state index contributed by atoms with van der Waals surface area (Å²) in [4.78, 5) is 0. The molecule has 0 bridgehead atoms. The van der Waals surface area contributed by atoms with E-state index in [-0.39, 0.29) is 0 Å². The van der Waals surface area contributed by atoms with E-state index in [1.54, 1.807) is 7.11 Å². The first-order valence-electron chi connectivity index (χ1n) is 6.50. The number of benzene rings is 1. The van der Waals surface area contributed by atoms with Crippen molar-refractivity contribution >= 4 is 0 Å². The third kappa shape index (κ3) is 5.90. The number of nitrogens with one attached hydrogen (secondary N) is 1. The van der Waals surface area contributed by atoms with Crippen molar-refractivity contribution in [3.63, 3.8) is 0 Å². The van der Waals surface area contributed by atoms with Crippen molar-refractivity contribution in [1.82, 2.24) is 5.32 Å². The summed E-state index contributed by atoms with van der Waals surface area (Å²) in [7, 11) is 1.64. The predicted molar refractivity (Wildman–Crippen MR) is 70.4 cm³/mol. The molecule has 1 aromatic rings. The Kier molecular flexibility index (Phi) is 6.98. The minimum absolute atomic E-state index is 0.318. The molecule has 0 saturated heterocycles. The summed E-state index contributed by atoms with van der Waals surface area (Å²) in [6.45, 7) is 1.75. The zero-order valence-corrected chi connectivity index (χ0v) is 11.4. The van der Waals surface area contributed by atoms with Gasteiger partial charge in [0.2, 0.25) is 0 Å². The van der Waals surface area contributed by atoms with Crippen LogP contribution in [0.25, 0.3) is 0 Å². The Bertz CT molecular complexity index is 379. The molecule has 0 aliphatic carbocycles. The second-order valence-electron chi connectivity index (χ2n) is 4.54. The summed E-state index contributed by atoms with van der Waals surface area (Å²) in [5.41, 5.74) is -0.233. The Morgan fingerprint density at radius 1 is 1.20 bits per heavy atom. The molecule has 0 aromatic heterocycles. The normalized spacial score (nSPS) is 13.4. The second kappa shape index (κ2) is 8.24. The molecule has 0 spiro atoms. The number of hydrogen-bond donors (Lipinski definition) is 2. The van der Waals surface area contributed by atoms with E-state index in [9.17, 15) is 18.3 Å². The maximum absolute atomic E-state index is 12.4. The van der Waals surface area contributed by atoms with Crippen molar-refractivity contribution in [2.75, 3.05) is 26.8 Å². The van der Waals surface area contributed by atoms with Crippen LogP contribution in [0.1, 0.15) is 30.1 Å². The number of ether oxygens (including phenoxy) is 1. The van der Waals surface area contributed by atoms with Gasteiger partial charge >= 0.3 is 6.18 Å². The number of hydrogen-bond acceptors (Lipinski definition) is 3. The van der Waals surface area contributed by atoms with E-state index in [1.807, 2.05) is 0 Å². The molecule has 20 heavy (non-hydrogen) atoms. The Labute approximate surface area is 116 Å². The van der Waals surface area contributed by atoms with Gasteiger partial charge in [-0.25, -0.2) is 0 Å². The summed E-state index contributed by atoms with van der Waals surface area (Å²) >= 11 is 0. The topological polar surface area (TPSA) is 41.5 Å². The summed E-state index contributed by atoms with van der Waals surface area (Å²) in [5, 5.41) is 12.9. The van der Waals surface area contributed by atoms with Gasteiger partial charge in [0, 0.05) is 20.3 Å². The standard InChI is InChI=1S/C14H20F3NO2/c1-20-9-3-2-8-18-10-13(19)11-4-6-12(7-5-11)14(15,16)17/h4-7,13,18-19H,2-3,8-10H2,1H3. The van der Waals surface area contributed by atoms with Crippen LogP contribution in [0.3, 0.4) is 0 Å². The van der Waals surface area contributed by atoms with Crippen molar-refractivity contribution in [1.29, 1.82) is 0 Å². The molecule has 1 rings (SSSR count). The molecule has 6 heteroatoms. The Morgan fingerprint density at radius 3 is 2.40 bits per heavy atom. The van der Waals surface area contributed by atoms with Gasteiger partial charge in [-0.2, -0.15) is 13.2 Å². The number of aliphatic hydroxyl groups is 1. The van der Waals surface area contributed by atoms with E-state index in [4.69, 9.17) is 4.74 Å². The third-order valence-corrected chi connectivity index (χ3v) is 2.91. The zero-order valence-electron chi connectivity index (χ0n) is 11.4. The fraction of sp³-hybridized carbons (Fsp3) is 0.571. The minimum atomic E-state index is -4.34. The molecule has 0 aliphatic heterocycles. The van der Waals surface area contributed by atoms with Crippen LogP contribution in [-0.2, 0) is 10.9 Å². The van der Waals surface area contributed by atoms with Gasteiger partial charge in [-0.15, -0.1) is 0 Å². The summed E-state index contributed by atoms with van der Waals surface area (Å²) in [6.07, 6.45) is -3.30. The van der Waals surface area contributed by atoms with Gasteiger partial charge in [0.1, 0.15) is 0 Å². The van der Waals surface area contributed by atoms with Crippen LogP contribution >= 0.6 is 0 Å². The first-order valence-corrected chi connectivity index (χ1v) is 6.50. The van der Waals surface area contributed by atoms with Crippen molar-refractivity contribution in [3.05, 3.63) is 35.4 Å². The van der Waals surface area contributed by atoms with Crippen molar-refractivity contribution < 1.29 is 23.0 Å². The maximum atomic E-state index is 12.4. The molecular weight excluding hydrogens is 271 g/mol. The van der Waals surface area contributed by atoms with Crippen LogP contribution < -0.4 is 5.32 Å². The highest BCUT2D eigenvalue weighted by Gasteiger charge is 2.30. The fourth-order valence-corrected chi connectivity index (χ4v) is 1.75. The van der Waals surface area contributed by atoms with E-state index in [0.29, 0.717) is 18.7 Å². The molecule has 3 nitrogen and oxygen atoms in total. The van der Waals surface area contributed by atoms with Crippen molar-refractivity contribution in [2.24, 2.45) is 0 Å². The second-order valence-corrected chi connectivity index (χ2v) is 4.54. The molecule has 0 aliphatic rings. The Hall–Kier alpha value is -1.11. The van der Waals surface area contributed by atoms with E-state index in [2.05, 4.69) is 5.32 Å². The lowest BCUT2D eigenvalue weighted by atomic mass is 10.1. The van der Waals surface area contributed by atoms with Crippen LogP contribution in [0.15, 0.2) is 24.3 Å². The molecule has 1 unspecified atom stereocenters.